The molecule has 0 aliphatic rings. The maximum absolute atomic E-state index is 11.1. The summed E-state index contributed by atoms with van der Waals surface area (Å²) in [5.74, 6) is -0.871. The fourth-order valence-corrected chi connectivity index (χ4v) is 1.24. The average molecular weight is 276 g/mol. The van der Waals surface area contributed by atoms with E-state index in [-0.39, 0.29) is 11.6 Å². The van der Waals surface area contributed by atoms with Crippen LogP contribution in [0.5, 0.6) is 5.88 Å². The molecule has 6 nitrogen and oxygen atoms in total. The Hall–Kier alpha value is -1.63. The van der Waals surface area contributed by atoms with Gasteiger partial charge in [0.25, 0.3) is 0 Å². The van der Waals surface area contributed by atoms with E-state index in [1.54, 1.807) is 0 Å². The molecule has 1 aromatic heterocycles. The van der Waals surface area contributed by atoms with Gasteiger partial charge < -0.3 is 14.6 Å². The number of methoxy groups -OCH3 is 1. The molecule has 0 radical (unpaired) electrons. The van der Waals surface area contributed by atoms with Crippen molar-refractivity contribution in [3.8, 4) is 5.88 Å². The third-order valence-electron chi connectivity index (χ3n) is 1.35. The number of carbonyl (C=O) groups is 2. The molecule has 0 aromatic carbocycles. The van der Waals surface area contributed by atoms with Crippen molar-refractivity contribution >= 4 is 28.1 Å². The summed E-state index contributed by atoms with van der Waals surface area (Å²) in [6, 6.07) is 2.71. The highest BCUT2D eigenvalue weighted by atomic mass is 79.9. The van der Waals surface area contributed by atoms with Crippen molar-refractivity contribution in [2.24, 2.45) is 0 Å². The van der Waals surface area contributed by atoms with Crippen LogP contribution in [0.1, 0.15) is 10.5 Å². The molecule has 0 saturated carbocycles. The molecule has 7 heteroatoms. The number of ether oxygens (including phenoxy) is 2. The van der Waals surface area contributed by atoms with Gasteiger partial charge in [-0.25, -0.2) is 14.6 Å². The second-order valence-corrected chi connectivity index (χ2v) is 3.28. The molecule has 0 saturated heterocycles. The quantitative estimate of drug-likeness (QED) is 0.827. The Labute approximate surface area is 93.0 Å². The van der Waals surface area contributed by atoms with Crippen LogP contribution in [0.4, 0.5) is 4.79 Å². The monoisotopic (exact) mass is 275 g/mol. The van der Waals surface area contributed by atoms with Gasteiger partial charge in [0.1, 0.15) is 0 Å². The summed E-state index contributed by atoms with van der Waals surface area (Å²) < 4.78 is 9.19. The number of nitrogens with zero attached hydrogens (tertiary/aromatic N) is 1. The normalized spacial score (nSPS) is 9.47. The van der Waals surface area contributed by atoms with E-state index >= 15 is 0 Å². The Morgan fingerprint density at radius 1 is 1.47 bits per heavy atom. The molecule has 1 aromatic rings. The number of hydrogen-bond donors (Lipinski definition) is 1. The fourth-order valence-electron chi connectivity index (χ4n) is 0.824. The van der Waals surface area contributed by atoms with E-state index in [4.69, 9.17) is 5.11 Å². The van der Waals surface area contributed by atoms with Crippen LogP contribution in [0.3, 0.4) is 0 Å². The first-order chi connectivity index (χ1) is 7.02. The molecule has 1 N–H and O–H groups in total. The van der Waals surface area contributed by atoms with E-state index in [1.165, 1.54) is 19.2 Å². The number of rotatable bonds is 2. The van der Waals surface area contributed by atoms with E-state index in [1.807, 2.05) is 0 Å². The van der Waals surface area contributed by atoms with E-state index in [0.29, 0.717) is 4.47 Å². The molecule has 0 spiro atoms. The summed E-state index contributed by atoms with van der Waals surface area (Å²) >= 11 is 3.08. The second-order valence-electron chi connectivity index (χ2n) is 2.37. The summed E-state index contributed by atoms with van der Waals surface area (Å²) in [5.41, 5.74) is -0.0388. The lowest BCUT2D eigenvalue weighted by Gasteiger charge is -2.02. The molecule has 1 rings (SSSR count). The Kier molecular flexibility index (Phi) is 3.62. The van der Waals surface area contributed by atoms with Crippen LogP contribution in [-0.2, 0) is 4.74 Å². The van der Waals surface area contributed by atoms with Crippen molar-refractivity contribution in [1.82, 2.24) is 4.98 Å². The Balaban J connectivity index is 3.04. The average Bonchev–Trinajstić information content (AvgIpc) is 2.14. The molecule has 0 aliphatic heterocycles. The zero-order valence-electron chi connectivity index (χ0n) is 7.56. The minimum Gasteiger partial charge on any atom is -0.464 e. The van der Waals surface area contributed by atoms with Gasteiger partial charge >= 0.3 is 12.1 Å². The first-order valence-corrected chi connectivity index (χ1v) is 4.49. The Bertz CT molecular complexity index is 406. The third-order valence-corrected chi connectivity index (χ3v) is 1.81. The lowest BCUT2D eigenvalue weighted by atomic mass is 10.3. The molecular weight excluding hydrogens is 270 g/mol. The predicted octanol–water partition coefficient (Wildman–Crippen LogP) is 1.69. The Morgan fingerprint density at radius 3 is 2.67 bits per heavy atom. The van der Waals surface area contributed by atoms with E-state index < -0.39 is 12.1 Å². The van der Waals surface area contributed by atoms with Gasteiger partial charge in [0, 0.05) is 10.5 Å². The molecule has 0 unspecified atom stereocenters. The van der Waals surface area contributed by atoms with Crippen molar-refractivity contribution in [3.05, 3.63) is 22.3 Å². The molecule has 1 heterocycles. The highest BCUT2D eigenvalue weighted by Gasteiger charge is 2.12. The third kappa shape index (κ3) is 3.21. The van der Waals surface area contributed by atoms with Crippen molar-refractivity contribution in [1.29, 1.82) is 0 Å². The molecule has 80 valence electrons. The smallest absolute Gasteiger partial charge is 0.464 e. The number of hydrogen-bond acceptors (Lipinski definition) is 5. The summed E-state index contributed by atoms with van der Waals surface area (Å²) in [7, 11) is 1.20. The number of carboxylic acid groups (broad SMARTS) is 1. The first kappa shape index (κ1) is 11.4. The van der Waals surface area contributed by atoms with Gasteiger partial charge in [-0.2, -0.15) is 0 Å². The van der Waals surface area contributed by atoms with Gasteiger partial charge in [-0.15, -0.1) is 0 Å². The second kappa shape index (κ2) is 4.74. The zero-order chi connectivity index (χ0) is 11.4. The lowest BCUT2D eigenvalue weighted by Crippen LogP contribution is -2.09. The van der Waals surface area contributed by atoms with Crippen LogP contribution in [0.2, 0.25) is 0 Å². The molecule has 0 aliphatic carbocycles. The standard InChI is InChI=1S/C8H6BrNO5/c1-14-7(11)5-2-4(9)3-6(10-5)15-8(12)13/h2-3H,1H3,(H,12,13). The van der Waals surface area contributed by atoms with Crippen LogP contribution in [-0.4, -0.2) is 29.3 Å². The number of halogens is 1. The van der Waals surface area contributed by atoms with Crippen LogP contribution in [0.15, 0.2) is 16.6 Å². The van der Waals surface area contributed by atoms with Gasteiger partial charge in [0.15, 0.2) is 5.69 Å². The molecular formula is C8H6BrNO5. The lowest BCUT2D eigenvalue weighted by molar-refractivity contribution is 0.0592. The molecule has 0 atom stereocenters. The van der Waals surface area contributed by atoms with Crippen LogP contribution < -0.4 is 4.74 Å². The number of aromatic nitrogens is 1. The predicted molar refractivity (Wildman–Crippen MR) is 51.9 cm³/mol. The molecule has 0 bridgehead atoms. The van der Waals surface area contributed by atoms with Crippen LogP contribution in [0, 0.1) is 0 Å². The van der Waals surface area contributed by atoms with E-state index in [9.17, 15) is 9.59 Å². The van der Waals surface area contributed by atoms with Crippen molar-refractivity contribution in [3.63, 3.8) is 0 Å². The number of esters is 1. The summed E-state index contributed by atoms with van der Waals surface area (Å²) in [6.07, 6.45) is -1.50. The number of carbonyl (C=O) groups excluding carboxylic acids is 1. The molecule has 0 amide bonds. The SMILES string of the molecule is COC(=O)c1cc(Br)cc(OC(=O)O)n1. The van der Waals surface area contributed by atoms with Crippen LogP contribution in [0.25, 0.3) is 0 Å². The van der Waals surface area contributed by atoms with Gasteiger partial charge in [-0.1, -0.05) is 15.9 Å². The highest BCUT2D eigenvalue weighted by molar-refractivity contribution is 9.10. The van der Waals surface area contributed by atoms with Crippen molar-refractivity contribution in [2.45, 2.75) is 0 Å². The van der Waals surface area contributed by atoms with Gasteiger partial charge in [0.05, 0.1) is 7.11 Å². The maximum Gasteiger partial charge on any atom is 0.512 e. The minimum absolute atomic E-state index is 0.0388. The first-order valence-electron chi connectivity index (χ1n) is 3.69. The van der Waals surface area contributed by atoms with Gasteiger partial charge in [-0.3, -0.25) is 0 Å². The molecule has 0 fully saturated rings. The Morgan fingerprint density at radius 2 is 2.13 bits per heavy atom. The fraction of sp³-hybridized carbons (Fsp3) is 0.125. The number of pyridine rings is 1. The maximum atomic E-state index is 11.1. The van der Waals surface area contributed by atoms with E-state index in [0.717, 1.165) is 0 Å². The zero-order valence-corrected chi connectivity index (χ0v) is 9.15. The van der Waals surface area contributed by atoms with Crippen LogP contribution >= 0.6 is 15.9 Å². The summed E-state index contributed by atoms with van der Waals surface area (Å²) in [5, 5.41) is 8.35. The van der Waals surface area contributed by atoms with Crippen molar-refractivity contribution < 1.29 is 24.2 Å². The molecule has 15 heavy (non-hydrogen) atoms. The largest absolute Gasteiger partial charge is 0.512 e. The topological polar surface area (TPSA) is 85.7 Å². The van der Waals surface area contributed by atoms with E-state index in [2.05, 4.69) is 30.4 Å². The highest BCUT2D eigenvalue weighted by Crippen LogP contribution is 2.18. The minimum atomic E-state index is -1.50. The van der Waals surface area contributed by atoms with Gasteiger partial charge in [-0.05, 0) is 6.07 Å². The summed E-state index contributed by atoms with van der Waals surface area (Å²) in [4.78, 5) is 25.0. The van der Waals surface area contributed by atoms with Crippen molar-refractivity contribution in [2.75, 3.05) is 7.11 Å². The summed E-state index contributed by atoms with van der Waals surface area (Å²) in [6.45, 7) is 0. The van der Waals surface area contributed by atoms with Gasteiger partial charge in [0.2, 0.25) is 5.88 Å².